The molecule has 0 radical (unpaired) electrons. The fourth-order valence-corrected chi connectivity index (χ4v) is 6.92. The maximum Gasteiger partial charge on any atom is 0.311 e. The molecule has 214 valence electrons. The first-order chi connectivity index (χ1) is 19.8. The number of carbonyl (C=O) groups is 2. The zero-order valence-corrected chi connectivity index (χ0v) is 22.8. The van der Waals surface area contributed by atoms with Crippen LogP contribution in [0.2, 0.25) is 0 Å². The lowest BCUT2D eigenvalue weighted by Crippen LogP contribution is -2.46. The summed E-state index contributed by atoms with van der Waals surface area (Å²) in [6.45, 7) is 2.01. The number of hydrogen-bond donors (Lipinski definition) is 1. The Morgan fingerprint density at radius 3 is 2.63 bits per heavy atom. The molecule has 5 atom stereocenters. The zero-order valence-electron chi connectivity index (χ0n) is 22.8. The van der Waals surface area contributed by atoms with Crippen LogP contribution in [0.15, 0.2) is 54.6 Å². The number of carbonyl (C=O) groups excluding carboxylic acids is 2. The van der Waals surface area contributed by atoms with Crippen molar-refractivity contribution in [2.45, 2.75) is 57.4 Å². The van der Waals surface area contributed by atoms with Crippen molar-refractivity contribution in [2.24, 2.45) is 17.8 Å². The molecular weight excluding hydrogens is 531 g/mol. The van der Waals surface area contributed by atoms with Crippen molar-refractivity contribution in [2.75, 3.05) is 6.61 Å². The van der Waals surface area contributed by atoms with Gasteiger partial charge in [-0.25, -0.2) is 17.9 Å². The van der Waals surface area contributed by atoms with E-state index in [9.17, 15) is 18.4 Å². The van der Waals surface area contributed by atoms with Gasteiger partial charge in [-0.1, -0.05) is 30.7 Å². The van der Waals surface area contributed by atoms with Gasteiger partial charge in [-0.2, -0.15) is 5.10 Å². The average Bonchev–Trinajstić information content (AvgIpc) is 3.60. The minimum absolute atomic E-state index is 0.00276. The molecule has 9 heteroatoms. The van der Waals surface area contributed by atoms with Gasteiger partial charge in [-0.05, 0) is 80.7 Å². The first-order valence-corrected chi connectivity index (χ1v) is 14.3. The van der Waals surface area contributed by atoms with Gasteiger partial charge in [-0.3, -0.25) is 9.59 Å². The van der Waals surface area contributed by atoms with Gasteiger partial charge < -0.3 is 10.1 Å². The number of hydrogen-bond acceptors (Lipinski definition) is 4. The fraction of sp³-hybridized carbons (Fsp3) is 0.406. The molecule has 3 aromatic rings. The van der Waals surface area contributed by atoms with Gasteiger partial charge in [0.2, 0.25) is 0 Å². The Morgan fingerprint density at radius 1 is 1.05 bits per heavy atom. The maximum atomic E-state index is 15.2. The Hall–Kier alpha value is -3.88. The van der Waals surface area contributed by atoms with Crippen molar-refractivity contribution < 1.29 is 27.5 Å². The molecule has 1 N–H and O–H groups in total. The van der Waals surface area contributed by atoms with Crippen LogP contribution >= 0.6 is 0 Å². The van der Waals surface area contributed by atoms with Crippen LogP contribution in [-0.4, -0.2) is 34.3 Å². The van der Waals surface area contributed by atoms with E-state index in [1.165, 1.54) is 22.9 Å². The number of nitrogens with one attached hydrogen (secondary N) is 1. The Balaban J connectivity index is 1.41. The van der Waals surface area contributed by atoms with Gasteiger partial charge >= 0.3 is 5.97 Å². The minimum Gasteiger partial charge on any atom is -0.466 e. The number of allylic oxidation sites excluding steroid dienone is 1. The summed E-state index contributed by atoms with van der Waals surface area (Å²) in [6.07, 6.45) is 8.24. The molecule has 3 aliphatic rings. The molecule has 4 unspecified atom stereocenters. The Labute approximate surface area is 236 Å². The van der Waals surface area contributed by atoms with Gasteiger partial charge in [0.25, 0.3) is 5.91 Å². The lowest BCUT2D eigenvalue weighted by atomic mass is 9.88. The number of halogens is 3. The Kier molecular flexibility index (Phi) is 7.45. The van der Waals surface area contributed by atoms with Gasteiger partial charge in [0.05, 0.1) is 18.2 Å². The highest BCUT2D eigenvalue weighted by atomic mass is 19.1. The van der Waals surface area contributed by atoms with E-state index in [0.29, 0.717) is 24.1 Å². The summed E-state index contributed by atoms with van der Waals surface area (Å²) in [7, 11) is 0. The molecule has 41 heavy (non-hydrogen) atoms. The van der Waals surface area contributed by atoms with Crippen molar-refractivity contribution >= 4 is 11.9 Å². The second kappa shape index (κ2) is 11.2. The smallest absolute Gasteiger partial charge is 0.311 e. The summed E-state index contributed by atoms with van der Waals surface area (Å²) >= 11 is 0. The number of fused-ring (bicyclic) bond motifs is 3. The van der Waals surface area contributed by atoms with E-state index in [1.807, 2.05) is 18.2 Å². The third kappa shape index (κ3) is 5.18. The summed E-state index contributed by atoms with van der Waals surface area (Å²) in [5, 5.41) is 7.72. The SMILES string of the molecule is CCOC(=O)C1C2C=CC(C2)[C@H]1NC(=O)c1nn(-c2ccc(F)cc2F)c2c1CCCCC2Cc1cccc(F)c1. The molecule has 2 aromatic carbocycles. The topological polar surface area (TPSA) is 73.2 Å². The standard InChI is InChI=1S/C32H32F3N3O3/c1-2-41-32(40)27-19-10-11-20(16-19)28(27)36-31(39)29-24-9-4-3-7-21(14-18-6-5-8-22(33)15-18)30(24)38(37-29)26-13-12-23(34)17-25(26)35/h5-6,8,10-13,15,17,19-21,27-28H,2-4,7,9,14,16H2,1H3,(H,36,39)/t19?,20?,21?,27?,28-/m1/s1. The summed E-state index contributed by atoms with van der Waals surface area (Å²) < 4.78 is 49.8. The molecule has 6 rings (SSSR count). The van der Waals surface area contributed by atoms with E-state index >= 15 is 4.39 Å². The number of esters is 1. The lowest BCUT2D eigenvalue weighted by molar-refractivity contribution is -0.149. The Morgan fingerprint density at radius 2 is 1.85 bits per heavy atom. The van der Waals surface area contributed by atoms with E-state index in [2.05, 4.69) is 10.4 Å². The van der Waals surface area contributed by atoms with Crippen molar-refractivity contribution in [3.05, 3.63) is 94.6 Å². The third-order valence-electron chi connectivity index (χ3n) is 8.68. The molecule has 0 saturated heterocycles. The predicted octanol–water partition coefficient (Wildman–Crippen LogP) is 5.83. The molecule has 1 amide bonds. The molecule has 1 saturated carbocycles. The quantitative estimate of drug-likeness (QED) is 0.223. The predicted molar refractivity (Wildman–Crippen MR) is 146 cm³/mol. The van der Waals surface area contributed by atoms with Crippen LogP contribution in [0.25, 0.3) is 5.69 Å². The van der Waals surface area contributed by atoms with Crippen LogP contribution in [0.5, 0.6) is 0 Å². The van der Waals surface area contributed by atoms with Crippen LogP contribution in [-0.2, 0) is 22.4 Å². The van der Waals surface area contributed by atoms with Crippen molar-refractivity contribution in [3.63, 3.8) is 0 Å². The molecule has 1 aromatic heterocycles. The molecule has 2 bridgehead atoms. The highest BCUT2D eigenvalue weighted by Gasteiger charge is 2.50. The van der Waals surface area contributed by atoms with Crippen LogP contribution in [0.4, 0.5) is 13.2 Å². The van der Waals surface area contributed by atoms with E-state index in [-0.39, 0.29) is 47.5 Å². The fourth-order valence-electron chi connectivity index (χ4n) is 6.92. The van der Waals surface area contributed by atoms with Crippen LogP contribution in [0.3, 0.4) is 0 Å². The lowest BCUT2D eigenvalue weighted by Gasteiger charge is -2.27. The largest absolute Gasteiger partial charge is 0.466 e. The number of aromatic nitrogens is 2. The highest BCUT2D eigenvalue weighted by Crippen LogP contribution is 2.45. The Bertz CT molecular complexity index is 1520. The van der Waals surface area contributed by atoms with Gasteiger partial charge in [-0.15, -0.1) is 0 Å². The van der Waals surface area contributed by atoms with Crippen LogP contribution in [0, 0.1) is 35.2 Å². The number of benzene rings is 2. The molecule has 1 fully saturated rings. The number of amides is 1. The molecule has 0 aliphatic heterocycles. The van der Waals surface area contributed by atoms with E-state index in [1.54, 1.807) is 13.0 Å². The van der Waals surface area contributed by atoms with Gasteiger partial charge in [0.15, 0.2) is 11.5 Å². The van der Waals surface area contributed by atoms with Crippen molar-refractivity contribution in [1.82, 2.24) is 15.1 Å². The van der Waals surface area contributed by atoms with E-state index < -0.39 is 29.5 Å². The third-order valence-corrected chi connectivity index (χ3v) is 8.68. The van der Waals surface area contributed by atoms with E-state index in [0.717, 1.165) is 43.4 Å². The first-order valence-electron chi connectivity index (χ1n) is 14.3. The minimum atomic E-state index is -0.795. The number of nitrogens with zero attached hydrogens (tertiary/aromatic N) is 2. The molecular formula is C32H32F3N3O3. The van der Waals surface area contributed by atoms with Crippen molar-refractivity contribution in [1.29, 1.82) is 0 Å². The highest BCUT2D eigenvalue weighted by molar-refractivity contribution is 5.95. The molecule has 1 heterocycles. The monoisotopic (exact) mass is 563 g/mol. The average molecular weight is 564 g/mol. The number of ether oxygens (including phenoxy) is 1. The summed E-state index contributed by atoms with van der Waals surface area (Å²) in [5.74, 6) is -3.26. The summed E-state index contributed by atoms with van der Waals surface area (Å²) in [6, 6.07) is 9.21. The molecule has 0 spiro atoms. The van der Waals surface area contributed by atoms with Crippen LogP contribution < -0.4 is 5.32 Å². The second-order valence-corrected chi connectivity index (χ2v) is 11.2. The van der Waals surface area contributed by atoms with E-state index in [4.69, 9.17) is 4.74 Å². The molecule has 3 aliphatic carbocycles. The molecule has 6 nitrogen and oxygen atoms in total. The van der Waals surface area contributed by atoms with Gasteiger partial charge in [0, 0.05) is 23.6 Å². The summed E-state index contributed by atoms with van der Waals surface area (Å²) in [5.41, 5.74) is 2.38. The first kappa shape index (κ1) is 27.3. The van der Waals surface area contributed by atoms with Crippen LogP contribution in [0.1, 0.15) is 65.8 Å². The summed E-state index contributed by atoms with van der Waals surface area (Å²) in [4.78, 5) is 26.7. The maximum absolute atomic E-state index is 15.2. The van der Waals surface area contributed by atoms with Crippen molar-refractivity contribution in [3.8, 4) is 5.69 Å². The normalized spacial score (nSPS) is 24.6. The number of rotatable bonds is 7. The zero-order chi connectivity index (χ0) is 28.7. The second-order valence-electron chi connectivity index (χ2n) is 11.2. The van der Waals surface area contributed by atoms with Gasteiger partial charge in [0.1, 0.15) is 17.3 Å².